The van der Waals surface area contributed by atoms with E-state index in [9.17, 15) is 13.6 Å². The molecule has 2 aromatic carbocycles. The van der Waals surface area contributed by atoms with Gasteiger partial charge in [-0.15, -0.1) is 0 Å². The zero-order chi connectivity index (χ0) is 22.2. The van der Waals surface area contributed by atoms with Crippen molar-refractivity contribution < 1.29 is 32.2 Å². The highest BCUT2D eigenvalue weighted by molar-refractivity contribution is 5.98. The Morgan fingerprint density at radius 3 is 2.65 bits per heavy atom. The third-order valence-electron chi connectivity index (χ3n) is 4.42. The molecule has 31 heavy (non-hydrogen) atoms. The number of halogens is 2. The van der Waals surface area contributed by atoms with Crippen molar-refractivity contribution in [2.24, 2.45) is 0 Å². The maximum atomic E-state index is 12.6. The molecular weight excluding hydrogens is 408 g/mol. The molecule has 0 bridgehead atoms. The number of hydrogen-bond acceptors (Lipinski definition) is 6. The van der Waals surface area contributed by atoms with Crippen LogP contribution < -0.4 is 14.2 Å². The number of Topliss-reactive ketones (excluding diaryl/α,β-unsaturated/α-hetero) is 1. The van der Waals surface area contributed by atoms with Gasteiger partial charge in [0.1, 0.15) is 18.6 Å². The normalized spacial score (nSPS) is 10.9. The first kappa shape index (κ1) is 22.3. The number of carbonyl (C=O) groups is 1. The van der Waals surface area contributed by atoms with E-state index < -0.39 is 13.0 Å². The molecular formula is C23H23F2NO5. The number of aryl methyl sites for hydroxylation is 1. The van der Waals surface area contributed by atoms with E-state index in [1.165, 1.54) is 19.4 Å². The van der Waals surface area contributed by atoms with Crippen LogP contribution in [0.15, 0.2) is 53.1 Å². The predicted molar refractivity (Wildman–Crippen MR) is 110 cm³/mol. The van der Waals surface area contributed by atoms with Crippen molar-refractivity contribution >= 4 is 5.78 Å². The summed E-state index contributed by atoms with van der Waals surface area (Å²) >= 11 is 0. The number of rotatable bonds is 11. The van der Waals surface area contributed by atoms with E-state index in [0.717, 1.165) is 0 Å². The first-order chi connectivity index (χ1) is 15.0. The first-order valence-electron chi connectivity index (χ1n) is 9.80. The van der Waals surface area contributed by atoms with Crippen LogP contribution in [0.4, 0.5) is 8.78 Å². The number of alkyl halides is 2. The molecule has 0 amide bonds. The second-order valence-electron chi connectivity index (χ2n) is 6.56. The van der Waals surface area contributed by atoms with Crippen molar-refractivity contribution in [1.29, 1.82) is 0 Å². The van der Waals surface area contributed by atoms with Gasteiger partial charge in [-0.25, -0.2) is 13.8 Å². The lowest BCUT2D eigenvalue weighted by atomic mass is 10.0. The number of benzene rings is 2. The van der Waals surface area contributed by atoms with Gasteiger partial charge in [-0.3, -0.25) is 4.79 Å². The summed E-state index contributed by atoms with van der Waals surface area (Å²) in [6.07, 6.45) is -0.511. The Balaban J connectivity index is 1.69. The lowest BCUT2D eigenvalue weighted by Gasteiger charge is -2.11. The second kappa shape index (κ2) is 10.6. The molecule has 0 unspecified atom stereocenters. The number of para-hydroxylation sites is 1. The van der Waals surface area contributed by atoms with Crippen molar-refractivity contribution in [3.05, 3.63) is 60.0 Å². The van der Waals surface area contributed by atoms with Gasteiger partial charge in [-0.05, 0) is 37.3 Å². The zero-order valence-electron chi connectivity index (χ0n) is 17.3. The van der Waals surface area contributed by atoms with Crippen LogP contribution in [0, 0.1) is 0 Å². The van der Waals surface area contributed by atoms with Crippen LogP contribution in [0.3, 0.4) is 0 Å². The summed E-state index contributed by atoms with van der Waals surface area (Å²) in [6.45, 7) is 1.59. The SMILES string of the molecule is CCOc1ccccc1C(=O)CCc1coc(-c2ccc(OC)c(OCC(F)F)c2)n1. The smallest absolute Gasteiger partial charge is 0.272 e. The molecule has 1 aromatic heterocycles. The summed E-state index contributed by atoms with van der Waals surface area (Å²) in [4.78, 5) is 17.0. The van der Waals surface area contributed by atoms with Crippen molar-refractivity contribution in [2.75, 3.05) is 20.3 Å². The van der Waals surface area contributed by atoms with Crippen LogP contribution in [-0.2, 0) is 6.42 Å². The second-order valence-corrected chi connectivity index (χ2v) is 6.56. The maximum Gasteiger partial charge on any atom is 0.272 e. The van der Waals surface area contributed by atoms with E-state index >= 15 is 0 Å². The van der Waals surface area contributed by atoms with Gasteiger partial charge in [0.25, 0.3) is 6.43 Å². The molecule has 0 fully saturated rings. The van der Waals surface area contributed by atoms with E-state index in [1.807, 2.05) is 13.0 Å². The molecule has 164 valence electrons. The molecule has 0 N–H and O–H groups in total. The molecule has 0 saturated heterocycles. The fourth-order valence-electron chi connectivity index (χ4n) is 2.98. The number of hydrogen-bond donors (Lipinski definition) is 0. The van der Waals surface area contributed by atoms with Crippen LogP contribution >= 0.6 is 0 Å². The fraction of sp³-hybridized carbons (Fsp3) is 0.304. The average molecular weight is 431 g/mol. The predicted octanol–water partition coefficient (Wildman–Crippen LogP) is 5.21. The van der Waals surface area contributed by atoms with Crippen LogP contribution in [0.2, 0.25) is 0 Å². The van der Waals surface area contributed by atoms with Gasteiger partial charge in [-0.1, -0.05) is 12.1 Å². The topological polar surface area (TPSA) is 70.8 Å². The molecule has 0 saturated carbocycles. The number of methoxy groups -OCH3 is 1. The molecule has 0 radical (unpaired) electrons. The molecule has 0 aliphatic rings. The van der Waals surface area contributed by atoms with Crippen LogP contribution in [0.25, 0.3) is 11.5 Å². The van der Waals surface area contributed by atoms with Gasteiger partial charge in [0.15, 0.2) is 17.3 Å². The number of ether oxygens (including phenoxy) is 3. The molecule has 0 aliphatic heterocycles. The molecule has 6 nitrogen and oxygen atoms in total. The van der Waals surface area contributed by atoms with Gasteiger partial charge in [0, 0.05) is 18.4 Å². The molecule has 0 spiro atoms. The molecule has 3 rings (SSSR count). The highest BCUT2D eigenvalue weighted by Gasteiger charge is 2.16. The monoisotopic (exact) mass is 431 g/mol. The van der Waals surface area contributed by atoms with Crippen molar-refractivity contribution in [3.8, 4) is 28.7 Å². The Morgan fingerprint density at radius 1 is 1.10 bits per heavy atom. The number of nitrogens with zero attached hydrogens (tertiary/aromatic N) is 1. The summed E-state index contributed by atoms with van der Waals surface area (Å²) in [7, 11) is 1.42. The quantitative estimate of drug-likeness (QED) is 0.388. The van der Waals surface area contributed by atoms with Gasteiger partial charge in [0.05, 0.1) is 25.0 Å². The Morgan fingerprint density at radius 2 is 1.90 bits per heavy atom. The van der Waals surface area contributed by atoms with E-state index in [1.54, 1.807) is 30.3 Å². The van der Waals surface area contributed by atoms with Crippen LogP contribution in [0.1, 0.15) is 29.4 Å². The highest BCUT2D eigenvalue weighted by Crippen LogP contribution is 2.32. The van der Waals surface area contributed by atoms with Gasteiger partial charge in [0.2, 0.25) is 5.89 Å². The number of ketones is 1. The van der Waals surface area contributed by atoms with Crippen LogP contribution in [0.5, 0.6) is 17.2 Å². The molecule has 0 aliphatic carbocycles. The Kier molecular flexibility index (Phi) is 7.59. The van der Waals surface area contributed by atoms with Crippen molar-refractivity contribution in [3.63, 3.8) is 0 Å². The van der Waals surface area contributed by atoms with Gasteiger partial charge in [-0.2, -0.15) is 0 Å². The highest BCUT2D eigenvalue weighted by atomic mass is 19.3. The number of carbonyl (C=O) groups excluding carboxylic acids is 1. The van der Waals surface area contributed by atoms with Crippen molar-refractivity contribution in [2.45, 2.75) is 26.2 Å². The Labute approximate surface area is 178 Å². The van der Waals surface area contributed by atoms with E-state index in [-0.39, 0.29) is 18.0 Å². The average Bonchev–Trinajstić information content (AvgIpc) is 3.25. The third-order valence-corrected chi connectivity index (χ3v) is 4.42. The number of oxazole rings is 1. The zero-order valence-corrected chi connectivity index (χ0v) is 17.3. The lowest BCUT2D eigenvalue weighted by Crippen LogP contribution is -2.07. The van der Waals surface area contributed by atoms with E-state index in [0.29, 0.717) is 47.2 Å². The molecule has 8 heteroatoms. The van der Waals surface area contributed by atoms with E-state index in [4.69, 9.17) is 18.6 Å². The first-order valence-corrected chi connectivity index (χ1v) is 9.80. The molecule has 1 heterocycles. The lowest BCUT2D eigenvalue weighted by molar-refractivity contribution is 0.0804. The standard InChI is InChI=1S/C23H23F2NO5/c1-3-29-19-7-5-4-6-17(19)18(27)10-9-16-13-31-23(26-16)15-8-11-20(28-2)21(12-15)30-14-22(24)25/h4-8,11-13,22H,3,9-10,14H2,1-2H3. The molecule has 3 aromatic rings. The minimum absolute atomic E-state index is 0.0549. The van der Waals surface area contributed by atoms with E-state index in [2.05, 4.69) is 4.98 Å². The number of aromatic nitrogens is 1. The summed E-state index contributed by atoms with van der Waals surface area (Å²) in [6, 6.07) is 11.9. The summed E-state index contributed by atoms with van der Waals surface area (Å²) in [5.41, 5.74) is 1.68. The Hall–Kier alpha value is -3.42. The minimum atomic E-state index is -2.60. The fourth-order valence-corrected chi connectivity index (χ4v) is 2.98. The maximum absolute atomic E-state index is 12.6. The van der Waals surface area contributed by atoms with Crippen molar-refractivity contribution in [1.82, 2.24) is 4.98 Å². The van der Waals surface area contributed by atoms with Crippen LogP contribution in [-0.4, -0.2) is 37.5 Å². The third kappa shape index (κ3) is 5.81. The summed E-state index contributed by atoms with van der Waals surface area (Å²) in [5, 5.41) is 0. The minimum Gasteiger partial charge on any atom is -0.493 e. The Bertz CT molecular complexity index is 1020. The van der Waals surface area contributed by atoms with Gasteiger partial charge >= 0.3 is 0 Å². The largest absolute Gasteiger partial charge is 0.493 e. The summed E-state index contributed by atoms with van der Waals surface area (Å²) in [5.74, 6) is 1.30. The van der Waals surface area contributed by atoms with Gasteiger partial charge < -0.3 is 18.6 Å². The molecule has 0 atom stereocenters. The summed E-state index contributed by atoms with van der Waals surface area (Å²) < 4.78 is 46.3.